The van der Waals surface area contributed by atoms with Crippen LogP contribution in [-0.2, 0) is 11.3 Å². The molecule has 7 nitrogen and oxygen atoms in total. The molecule has 0 bridgehead atoms. The lowest BCUT2D eigenvalue weighted by Gasteiger charge is -2.16. The lowest BCUT2D eigenvalue weighted by molar-refractivity contribution is -0.189. The molecule has 2 heterocycles. The molecule has 29 heavy (non-hydrogen) atoms. The van der Waals surface area contributed by atoms with Crippen LogP contribution in [0.15, 0.2) is 30.5 Å². The number of nitrogens with one attached hydrogen (secondary N) is 2. The SMILES string of the molecule is CCC(=O)Nc1cc(C(=O)NCc2ccc(OC(C)C(F)(F)F)nc2)cc(C)n1. The normalized spacial score (nSPS) is 12.2. The molecule has 2 aromatic rings. The number of rotatable bonds is 7. The summed E-state index contributed by atoms with van der Waals surface area (Å²) in [5.74, 6) is -0.494. The second-order valence-corrected chi connectivity index (χ2v) is 6.27. The van der Waals surface area contributed by atoms with Gasteiger partial charge >= 0.3 is 6.18 Å². The third-order valence-electron chi connectivity index (χ3n) is 3.81. The molecule has 0 aromatic carbocycles. The summed E-state index contributed by atoms with van der Waals surface area (Å²) in [6.45, 7) is 4.40. The number of hydrogen-bond acceptors (Lipinski definition) is 5. The van der Waals surface area contributed by atoms with Gasteiger partial charge in [0.05, 0.1) is 0 Å². The van der Waals surface area contributed by atoms with Crippen LogP contribution in [-0.4, -0.2) is 34.1 Å². The van der Waals surface area contributed by atoms with E-state index in [2.05, 4.69) is 20.6 Å². The van der Waals surface area contributed by atoms with Crippen molar-refractivity contribution < 1.29 is 27.5 Å². The fourth-order valence-corrected chi connectivity index (χ4v) is 2.21. The van der Waals surface area contributed by atoms with Crippen molar-refractivity contribution in [1.82, 2.24) is 15.3 Å². The number of carbonyl (C=O) groups is 2. The van der Waals surface area contributed by atoms with E-state index in [1.54, 1.807) is 19.9 Å². The lowest BCUT2D eigenvalue weighted by atomic mass is 10.2. The van der Waals surface area contributed by atoms with E-state index in [1.165, 1.54) is 24.4 Å². The zero-order chi connectivity index (χ0) is 21.6. The molecule has 1 unspecified atom stereocenters. The number of carbonyl (C=O) groups excluding carboxylic acids is 2. The highest BCUT2D eigenvalue weighted by Gasteiger charge is 2.38. The van der Waals surface area contributed by atoms with Crippen LogP contribution in [0.3, 0.4) is 0 Å². The van der Waals surface area contributed by atoms with E-state index in [0.29, 0.717) is 16.8 Å². The molecule has 156 valence electrons. The predicted molar refractivity (Wildman–Crippen MR) is 99.4 cm³/mol. The van der Waals surface area contributed by atoms with E-state index in [9.17, 15) is 22.8 Å². The molecule has 2 N–H and O–H groups in total. The standard InChI is InChI=1S/C19H21F3N4O3/c1-4-16(27)26-15-8-14(7-11(2)25-15)18(28)24-10-13-5-6-17(23-9-13)29-12(3)19(20,21)22/h5-9,12H,4,10H2,1-3H3,(H,24,28)(H,25,26,27). The molecule has 2 amide bonds. The molecular weight excluding hydrogens is 389 g/mol. The van der Waals surface area contributed by atoms with Crippen LogP contribution >= 0.6 is 0 Å². The van der Waals surface area contributed by atoms with Crippen molar-refractivity contribution >= 4 is 17.6 Å². The number of anilines is 1. The van der Waals surface area contributed by atoms with Crippen molar-refractivity contribution in [2.75, 3.05) is 5.32 Å². The van der Waals surface area contributed by atoms with Gasteiger partial charge in [0.25, 0.3) is 5.91 Å². The molecular formula is C19H21F3N4O3. The van der Waals surface area contributed by atoms with Crippen LogP contribution in [0.5, 0.6) is 5.88 Å². The Morgan fingerprint density at radius 1 is 1.24 bits per heavy atom. The average molecular weight is 410 g/mol. The molecule has 0 aliphatic carbocycles. The Kier molecular flexibility index (Phi) is 7.13. The van der Waals surface area contributed by atoms with Gasteiger partial charge < -0.3 is 15.4 Å². The van der Waals surface area contributed by atoms with Crippen molar-refractivity contribution in [3.63, 3.8) is 0 Å². The Labute approximate surface area is 165 Å². The number of hydrogen-bond donors (Lipinski definition) is 2. The number of amides is 2. The monoisotopic (exact) mass is 410 g/mol. The van der Waals surface area contributed by atoms with E-state index in [4.69, 9.17) is 4.74 Å². The summed E-state index contributed by atoms with van der Waals surface area (Å²) in [5.41, 5.74) is 1.46. The highest BCUT2D eigenvalue weighted by Crippen LogP contribution is 2.23. The summed E-state index contributed by atoms with van der Waals surface area (Å²) in [4.78, 5) is 31.9. The molecule has 0 fully saturated rings. The van der Waals surface area contributed by atoms with Crippen LogP contribution in [0.25, 0.3) is 0 Å². The molecule has 10 heteroatoms. The minimum absolute atomic E-state index is 0.110. The van der Waals surface area contributed by atoms with E-state index in [1.807, 2.05) is 0 Å². The largest absolute Gasteiger partial charge is 0.465 e. The lowest BCUT2D eigenvalue weighted by Crippen LogP contribution is -2.31. The number of halogens is 3. The first kappa shape index (κ1) is 22.1. The maximum Gasteiger partial charge on any atom is 0.425 e. The van der Waals surface area contributed by atoms with Gasteiger partial charge in [-0.3, -0.25) is 9.59 Å². The molecule has 0 aliphatic heterocycles. The smallest absolute Gasteiger partial charge is 0.425 e. The Balaban J connectivity index is 1.98. The number of alkyl halides is 3. The van der Waals surface area contributed by atoms with Gasteiger partial charge in [-0.25, -0.2) is 9.97 Å². The van der Waals surface area contributed by atoms with Crippen LogP contribution in [0.2, 0.25) is 0 Å². The first-order chi connectivity index (χ1) is 13.6. The molecule has 2 aromatic heterocycles. The maximum absolute atomic E-state index is 12.5. The molecule has 0 aliphatic rings. The Hall–Kier alpha value is -3.17. The highest BCUT2D eigenvalue weighted by molar-refractivity contribution is 5.96. The minimum atomic E-state index is -4.48. The quantitative estimate of drug-likeness (QED) is 0.730. The number of ether oxygens (including phenoxy) is 1. The third-order valence-corrected chi connectivity index (χ3v) is 3.81. The fourth-order valence-electron chi connectivity index (χ4n) is 2.21. The molecule has 2 rings (SSSR count). The van der Waals surface area contributed by atoms with Gasteiger partial charge in [0.15, 0.2) is 6.10 Å². The van der Waals surface area contributed by atoms with Crippen LogP contribution < -0.4 is 15.4 Å². The van der Waals surface area contributed by atoms with Gasteiger partial charge in [0.2, 0.25) is 11.8 Å². The highest BCUT2D eigenvalue weighted by atomic mass is 19.4. The summed E-state index contributed by atoms with van der Waals surface area (Å²) in [7, 11) is 0. The van der Waals surface area contributed by atoms with Crippen LogP contribution in [0.4, 0.5) is 19.0 Å². The minimum Gasteiger partial charge on any atom is -0.465 e. The summed E-state index contributed by atoms with van der Waals surface area (Å²) >= 11 is 0. The van der Waals surface area contributed by atoms with Gasteiger partial charge in [-0.15, -0.1) is 0 Å². The average Bonchev–Trinajstić information content (AvgIpc) is 2.65. The Bertz CT molecular complexity index is 870. The maximum atomic E-state index is 12.5. The fraction of sp³-hybridized carbons (Fsp3) is 0.368. The van der Waals surface area contributed by atoms with E-state index in [0.717, 1.165) is 6.92 Å². The number of nitrogens with zero attached hydrogens (tertiary/aromatic N) is 2. The topological polar surface area (TPSA) is 93.2 Å². The Morgan fingerprint density at radius 3 is 2.55 bits per heavy atom. The summed E-state index contributed by atoms with van der Waals surface area (Å²) in [5, 5.41) is 5.28. The summed E-state index contributed by atoms with van der Waals surface area (Å²) in [6.07, 6.45) is -4.85. The van der Waals surface area contributed by atoms with Gasteiger partial charge in [-0.05, 0) is 31.5 Å². The zero-order valence-electron chi connectivity index (χ0n) is 16.1. The van der Waals surface area contributed by atoms with Gasteiger partial charge in [-0.2, -0.15) is 13.2 Å². The van der Waals surface area contributed by atoms with Crippen molar-refractivity contribution in [3.05, 3.63) is 47.3 Å². The number of pyridine rings is 2. The summed E-state index contributed by atoms with van der Waals surface area (Å²) in [6, 6.07) is 5.85. The molecule has 0 saturated carbocycles. The van der Waals surface area contributed by atoms with Crippen molar-refractivity contribution in [1.29, 1.82) is 0 Å². The van der Waals surface area contributed by atoms with E-state index in [-0.39, 0.29) is 30.6 Å². The van der Waals surface area contributed by atoms with E-state index < -0.39 is 18.2 Å². The number of aromatic nitrogens is 2. The van der Waals surface area contributed by atoms with E-state index >= 15 is 0 Å². The molecule has 0 radical (unpaired) electrons. The molecule has 0 spiro atoms. The first-order valence-corrected chi connectivity index (χ1v) is 8.83. The predicted octanol–water partition coefficient (Wildman–Crippen LogP) is 3.39. The van der Waals surface area contributed by atoms with Gasteiger partial charge in [0.1, 0.15) is 5.82 Å². The van der Waals surface area contributed by atoms with Crippen molar-refractivity contribution in [2.45, 2.75) is 46.0 Å². The van der Waals surface area contributed by atoms with Gasteiger partial charge in [0, 0.05) is 36.5 Å². The first-order valence-electron chi connectivity index (χ1n) is 8.83. The third kappa shape index (κ3) is 6.74. The molecule has 1 atom stereocenters. The van der Waals surface area contributed by atoms with Crippen LogP contribution in [0, 0.1) is 6.92 Å². The Morgan fingerprint density at radius 2 is 1.97 bits per heavy atom. The van der Waals surface area contributed by atoms with Crippen molar-refractivity contribution in [3.8, 4) is 5.88 Å². The summed E-state index contributed by atoms with van der Waals surface area (Å²) < 4.78 is 42.2. The second kappa shape index (κ2) is 9.35. The number of aryl methyl sites for hydroxylation is 1. The van der Waals surface area contributed by atoms with Crippen LogP contribution in [0.1, 0.15) is 41.9 Å². The van der Waals surface area contributed by atoms with Crippen molar-refractivity contribution in [2.24, 2.45) is 0 Å². The molecule has 0 saturated heterocycles. The zero-order valence-corrected chi connectivity index (χ0v) is 16.1. The second-order valence-electron chi connectivity index (χ2n) is 6.27. The van der Waals surface area contributed by atoms with Gasteiger partial charge in [-0.1, -0.05) is 13.0 Å².